The van der Waals surface area contributed by atoms with Crippen LogP contribution in [0.15, 0.2) is 53.9 Å². The third kappa shape index (κ3) is 5.93. The second-order valence-electron chi connectivity index (χ2n) is 7.42. The van der Waals surface area contributed by atoms with E-state index in [9.17, 15) is 14.1 Å². The average Bonchev–Trinajstić information content (AvgIpc) is 2.86. The fourth-order valence-corrected chi connectivity index (χ4v) is 4.47. The van der Waals surface area contributed by atoms with Crippen LogP contribution in [-0.2, 0) is 16.6 Å². The van der Waals surface area contributed by atoms with Gasteiger partial charge in [0.15, 0.2) is 0 Å². The predicted octanol–water partition coefficient (Wildman–Crippen LogP) is 4.59. The number of aromatic carboxylic acids is 1. The zero-order chi connectivity index (χ0) is 25.5. The van der Waals surface area contributed by atoms with Crippen LogP contribution in [0.4, 0.5) is 5.69 Å². The molecule has 0 fully saturated rings. The molecule has 9 heteroatoms. The molecule has 0 saturated heterocycles. The van der Waals surface area contributed by atoms with E-state index in [-0.39, 0.29) is 11.3 Å². The van der Waals surface area contributed by atoms with Crippen LogP contribution in [0.3, 0.4) is 0 Å². The van der Waals surface area contributed by atoms with Gasteiger partial charge in [0.2, 0.25) is 0 Å². The molecule has 0 radical (unpaired) electrons. The number of nitrogen functional groups attached to an aromatic ring is 1. The minimum atomic E-state index is -1.40. The van der Waals surface area contributed by atoms with Gasteiger partial charge in [-0.05, 0) is 42.0 Å². The highest BCUT2D eigenvalue weighted by atomic mass is 32.2. The van der Waals surface area contributed by atoms with E-state index < -0.39 is 16.8 Å². The van der Waals surface area contributed by atoms with Crippen LogP contribution in [0.2, 0.25) is 0 Å². The molecule has 184 valence electrons. The SMILES string of the molecule is COc1cc(OC)c(C=CS(=O)Cc2ccc(OC)c(-c3cc(N)ccc3C(=O)O)c2)c(OC)c1. The Morgan fingerprint density at radius 1 is 0.886 bits per heavy atom. The Morgan fingerprint density at radius 2 is 1.54 bits per heavy atom. The Bertz CT molecular complexity index is 1260. The lowest BCUT2D eigenvalue weighted by Crippen LogP contribution is -2.02. The third-order valence-electron chi connectivity index (χ3n) is 5.28. The number of rotatable bonds is 10. The molecule has 3 aromatic rings. The Labute approximate surface area is 206 Å². The summed E-state index contributed by atoms with van der Waals surface area (Å²) in [5, 5.41) is 11.2. The minimum Gasteiger partial charge on any atom is -0.496 e. The summed E-state index contributed by atoms with van der Waals surface area (Å²) in [6.45, 7) is 0. The van der Waals surface area contributed by atoms with E-state index in [0.717, 1.165) is 5.56 Å². The number of carbonyl (C=O) groups is 1. The van der Waals surface area contributed by atoms with E-state index in [1.54, 1.807) is 55.0 Å². The fourth-order valence-electron chi connectivity index (χ4n) is 3.58. The average molecular weight is 498 g/mol. The van der Waals surface area contributed by atoms with Gasteiger partial charge in [-0.15, -0.1) is 0 Å². The molecule has 3 N–H and O–H groups in total. The van der Waals surface area contributed by atoms with E-state index in [4.69, 9.17) is 24.7 Å². The van der Waals surface area contributed by atoms with Gasteiger partial charge in [-0.3, -0.25) is 4.21 Å². The van der Waals surface area contributed by atoms with Crippen LogP contribution >= 0.6 is 0 Å². The molecular formula is C26H27NO7S. The lowest BCUT2D eigenvalue weighted by Gasteiger charge is -2.14. The maximum absolute atomic E-state index is 12.9. The van der Waals surface area contributed by atoms with Crippen LogP contribution in [0, 0.1) is 0 Å². The van der Waals surface area contributed by atoms with Gasteiger partial charge in [-0.25, -0.2) is 4.79 Å². The van der Waals surface area contributed by atoms with Crippen molar-refractivity contribution in [1.82, 2.24) is 0 Å². The summed E-state index contributed by atoms with van der Waals surface area (Å²) in [7, 11) is 4.71. The normalized spacial score (nSPS) is 11.8. The standard InChI is InChI=1S/C26H27NO7S/c1-31-18-13-24(33-3)20(25(14-18)34-4)9-10-35(30)15-16-5-8-23(32-2)22(11-16)21-12-17(27)6-7-19(21)26(28)29/h5-14H,15,27H2,1-4H3,(H,28,29). The van der Waals surface area contributed by atoms with Gasteiger partial charge in [0.05, 0.1) is 56.1 Å². The first kappa shape index (κ1) is 25.6. The largest absolute Gasteiger partial charge is 0.496 e. The zero-order valence-electron chi connectivity index (χ0n) is 19.9. The van der Waals surface area contributed by atoms with Crippen molar-refractivity contribution in [2.24, 2.45) is 0 Å². The minimum absolute atomic E-state index is 0.0920. The van der Waals surface area contributed by atoms with E-state index in [2.05, 4.69) is 0 Å². The molecule has 35 heavy (non-hydrogen) atoms. The van der Waals surface area contributed by atoms with Crippen molar-refractivity contribution in [3.05, 3.63) is 70.6 Å². The Hall–Kier alpha value is -3.98. The summed E-state index contributed by atoms with van der Waals surface area (Å²) in [6, 6.07) is 13.3. The van der Waals surface area contributed by atoms with Crippen LogP contribution in [0.5, 0.6) is 23.0 Å². The number of methoxy groups -OCH3 is 4. The summed E-state index contributed by atoms with van der Waals surface area (Å²) in [4.78, 5) is 11.8. The monoisotopic (exact) mass is 497 g/mol. The van der Waals surface area contributed by atoms with E-state index >= 15 is 0 Å². The van der Waals surface area contributed by atoms with Crippen molar-refractivity contribution in [3.63, 3.8) is 0 Å². The van der Waals surface area contributed by atoms with Gasteiger partial charge in [-0.1, -0.05) is 6.07 Å². The summed E-state index contributed by atoms with van der Waals surface area (Å²) in [6.07, 6.45) is 1.68. The molecular weight excluding hydrogens is 470 g/mol. The predicted molar refractivity (Wildman–Crippen MR) is 137 cm³/mol. The molecule has 8 nitrogen and oxygen atoms in total. The van der Waals surface area contributed by atoms with Crippen LogP contribution in [0.1, 0.15) is 21.5 Å². The van der Waals surface area contributed by atoms with Crippen LogP contribution < -0.4 is 24.7 Å². The first-order valence-corrected chi connectivity index (χ1v) is 11.8. The third-order valence-corrected chi connectivity index (χ3v) is 6.33. The summed E-state index contributed by atoms with van der Waals surface area (Å²) < 4.78 is 34.5. The molecule has 0 saturated carbocycles. The highest BCUT2D eigenvalue weighted by Gasteiger charge is 2.17. The molecule has 0 heterocycles. The van der Waals surface area contributed by atoms with E-state index in [1.807, 2.05) is 0 Å². The van der Waals surface area contributed by atoms with E-state index in [0.29, 0.717) is 45.4 Å². The molecule has 0 aliphatic heterocycles. The van der Waals surface area contributed by atoms with Gasteiger partial charge in [0, 0.05) is 34.4 Å². The molecule has 0 aliphatic carbocycles. The van der Waals surface area contributed by atoms with Crippen molar-refractivity contribution in [1.29, 1.82) is 0 Å². The Kier molecular flexibility index (Phi) is 8.38. The molecule has 0 aromatic heterocycles. The number of carboxylic acid groups (broad SMARTS) is 1. The maximum Gasteiger partial charge on any atom is 0.336 e. The number of hydrogen-bond donors (Lipinski definition) is 2. The number of benzene rings is 3. The van der Waals surface area contributed by atoms with Crippen molar-refractivity contribution in [2.75, 3.05) is 34.2 Å². The van der Waals surface area contributed by atoms with Crippen LogP contribution in [0.25, 0.3) is 17.2 Å². The molecule has 0 amide bonds. The molecule has 0 aliphatic rings. The number of carboxylic acids is 1. The van der Waals surface area contributed by atoms with Crippen molar-refractivity contribution in [2.45, 2.75) is 5.75 Å². The summed E-state index contributed by atoms with van der Waals surface area (Å²) in [5.41, 5.74) is 8.76. The molecule has 0 bridgehead atoms. The highest BCUT2D eigenvalue weighted by molar-refractivity contribution is 7.87. The highest BCUT2D eigenvalue weighted by Crippen LogP contribution is 2.36. The number of nitrogens with two attached hydrogens (primary N) is 1. The van der Waals surface area contributed by atoms with Crippen LogP contribution in [-0.4, -0.2) is 43.7 Å². The first-order chi connectivity index (χ1) is 16.8. The topological polar surface area (TPSA) is 117 Å². The zero-order valence-corrected chi connectivity index (χ0v) is 20.7. The molecule has 1 unspecified atom stereocenters. The lowest BCUT2D eigenvalue weighted by atomic mass is 9.96. The molecule has 0 spiro atoms. The molecule has 3 aromatic carbocycles. The second kappa shape index (κ2) is 11.4. The van der Waals surface area contributed by atoms with Gasteiger partial charge < -0.3 is 29.8 Å². The quantitative estimate of drug-likeness (QED) is 0.391. The van der Waals surface area contributed by atoms with Gasteiger partial charge in [0.25, 0.3) is 0 Å². The summed E-state index contributed by atoms with van der Waals surface area (Å²) >= 11 is 0. The fraction of sp³-hybridized carbons (Fsp3) is 0.192. The van der Waals surface area contributed by atoms with Crippen molar-refractivity contribution in [3.8, 4) is 34.1 Å². The Balaban J connectivity index is 1.93. The molecule has 3 rings (SSSR count). The van der Waals surface area contributed by atoms with Crippen molar-refractivity contribution < 1.29 is 33.1 Å². The number of anilines is 1. The second-order valence-corrected chi connectivity index (χ2v) is 8.74. The first-order valence-electron chi connectivity index (χ1n) is 10.5. The lowest BCUT2D eigenvalue weighted by molar-refractivity contribution is 0.0697. The number of hydrogen-bond acceptors (Lipinski definition) is 7. The van der Waals surface area contributed by atoms with Gasteiger partial charge >= 0.3 is 5.97 Å². The van der Waals surface area contributed by atoms with Gasteiger partial charge in [-0.2, -0.15) is 0 Å². The van der Waals surface area contributed by atoms with E-state index in [1.165, 1.54) is 33.5 Å². The van der Waals surface area contributed by atoms with Crippen molar-refractivity contribution >= 4 is 28.5 Å². The molecule has 1 atom stereocenters. The maximum atomic E-state index is 12.9. The van der Waals surface area contributed by atoms with Gasteiger partial charge in [0.1, 0.15) is 23.0 Å². The number of ether oxygens (including phenoxy) is 4. The smallest absolute Gasteiger partial charge is 0.336 e. The summed E-state index contributed by atoms with van der Waals surface area (Å²) in [5.74, 6) is 1.20. The Morgan fingerprint density at radius 3 is 2.11 bits per heavy atom.